The fraction of sp³-hybridized carbons (Fsp3) is 0.286. The maximum Gasteiger partial charge on any atom is 0.342 e. The van der Waals surface area contributed by atoms with Gasteiger partial charge >= 0.3 is 5.97 Å². The highest BCUT2D eigenvalue weighted by molar-refractivity contribution is 7.85. The van der Waals surface area contributed by atoms with Crippen LogP contribution in [0.25, 0.3) is 11.3 Å². The Bertz CT molecular complexity index is 1150. The first-order chi connectivity index (χ1) is 15.7. The summed E-state index contributed by atoms with van der Waals surface area (Å²) in [7, 11) is -0.895. The molecule has 0 unspecified atom stereocenters. The van der Waals surface area contributed by atoms with E-state index in [1.54, 1.807) is 4.90 Å². The third kappa shape index (κ3) is 5.25. The van der Waals surface area contributed by atoms with Crippen LogP contribution in [0.2, 0.25) is 0 Å². The number of pyridine rings is 1. The zero-order chi connectivity index (χ0) is 23.6. The molecule has 1 aromatic carbocycles. The number of halogens is 1. The number of rotatable bonds is 6. The molecule has 4 rings (SSSR count). The molecule has 0 aliphatic carbocycles. The van der Waals surface area contributed by atoms with Crippen LogP contribution in [0.4, 0.5) is 4.39 Å². The number of aliphatic hydroxyl groups is 3. The number of amides is 1. The van der Waals surface area contributed by atoms with Crippen LogP contribution in [0, 0.1) is 5.82 Å². The topological polar surface area (TPSA) is 146 Å². The van der Waals surface area contributed by atoms with Gasteiger partial charge in [0.25, 0.3) is 5.91 Å². The van der Waals surface area contributed by atoms with E-state index >= 15 is 0 Å². The Kier molecular flexibility index (Phi) is 6.51. The summed E-state index contributed by atoms with van der Waals surface area (Å²) in [5, 5.41) is 32.5. The number of carbonyl (C=O) groups excluding carboxylic acids is 1. The quantitative estimate of drug-likeness (QED) is 0.438. The van der Waals surface area contributed by atoms with Crippen LogP contribution in [0.5, 0.6) is 5.88 Å². The molecule has 0 atom stereocenters. The molecule has 33 heavy (non-hydrogen) atoms. The maximum absolute atomic E-state index is 13.3. The normalized spacial score (nSPS) is 15.0. The minimum atomic E-state index is -3.31. The van der Waals surface area contributed by atoms with E-state index in [1.165, 1.54) is 42.6 Å². The molecule has 10 nitrogen and oxygen atoms in total. The van der Waals surface area contributed by atoms with Gasteiger partial charge in [-0.25, -0.2) is 9.37 Å². The molecular formula is C21H20FN3O7S. The van der Waals surface area contributed by atoms with Gasteiger partial charge in [-0.3, -0.25) is 9.00 Å². The van der Waals surface area contributed by atoms with Crippen LogP contribution < -0.4 is 4.74 Å². The Balaban J connectivity index is 1.50. The summed E-state index contributed by atoms with van der Waals surface area (Å²) < 4.78 is 35.2. The molecule has 0 bridgehead atoms. The molecule has 3 aromatic rings. The van der Waals surface area contributed by atoms with Crippen molar-refractivity contribution in [1.29, 1.82) is 0 Å². The van der Waals surface area contributed by atoms with Gasteiger partial charge in [0.1, 0.15) is 18.1 Å². The van der Waals surface area contributed by atoms with Crippen LogP contribution in [-0.4, -0.2) is 65.1 Å². The lowest BCUT2D eigenvalue weighted by molar-refractivity contribution is -0.335. The van der Waals surface area contributed by atoms with Gasteiger partial charge in [-0.1, -0.05) is 5.16 Å². The molecule has 12 heteroatoms. The highest BCUT2D eigenvalue weighted by Gasteiger charge is 2.34. The number of nitrogens with zero attached hydrogens (tertiary/aromatic N) is 3. The van der Waals surface area contributed by atoms with E-state index in [9.17, 15) is 28.7 Å². The van der Waals surface area contributed by atoms with Crippen molar-refractivity contribution in [3.05, 3.63) is 65.3 Å². The molecule has 1 aliphatic rings. The van der Waals surface area contributed by atoms with Crippen molar-refractivity contribution in [2.24, 2.45) is 0 Å². The summed E-state index contributed by atoms with van der Waals surface area (Å²) in [5.74, 6) is -3.67. The fourth-order valence-corrected chi connectivity index (χ4v) is 4.36. The minimum Gasteiger partial charge on any atom is -0.473 e. The zero-order valence-electron chi connectivity index (χ0n) is 17.2. The maximum atomic E-state index is 13.3. The number of hydrogen-bond acceptors (Lipinski definition) is 9. The highest BCUT2D eigenvalue weighted by Crippen LogP contribution is 2.31. The third-order valence-corrected chi connectivity index (χ3v) is 6.30. The van der Waals surface area contributed by atoms with Crippen molar-refractivity contribution >= 4 is 16.7 Å². The van der Waals surface area contributed by atoms with Crippen LogP contribution in [0.3, 0.4) is 0 Å². The lowest BCUT2D eigenvalue weighted by atomic mass is 10.1. The first-order valence-corrected chi connectivity index (χ1v) is 11.4. The molecule has 1 fully saturated rings. The van der Waals surface area contributed by atoms with Crippen LogP contribution in [0.15, 0.2) is 47.1 Å². The van der Waals surface area contributed by atoms with Gasteiger partial charge in [0.2, 0.25) is 11.6 Å². The number of aromatic nitrogens is 2. The fourth-order valence-electron chi connectivity index (χ4n) is 3.30. The molecule has 3 heterocycles. The second-order valence-electron chi connectivity index (χ2n) is 7.30. The molecule has 3 N–H and O–H groups in total. The lowest BCUT2D eigenvalue weighted by Crippen LogP contribution is -2.41. The number of benzene rings is 1. The van der Waals surface area contributed by atoms with Gasteiger partial charge in [0, 0.05) is 53.2 Å². The Morgan fingerprint density at radius 3 is 2.45 bits per heavy atom. The van der Waals surface area contributed by atoms with Gasteiger partial charge < -0.3 is 29.5 Å². The molecule has 0 radical (unpaired) electrons. The molecule has 1 amide bonds. The summed E-state index contributed by atoms with van der Waals surface area (Å²) in [6.07, 6.45) is 1.34. The van der Waals surface area contributed by atoms with Crippen LogP contribution in [0.1, 0.15) is 21.7 Å². The summed E-state index contributed by atoms with van der Waals surface area (Å²) in [4.78, 5) is 18.3. The summed E-state index contributed by atoms with van der Waals surface area (Å²) in [6.45, 7) is 0.502. The third-order valence-electron chi connectivity index (χ3n) is 5.02. The second-order valence-corrected chi connectivity index (χ2v) is 8.99. The molecule has 174 valence electrons. The molecule has 0 saturated carbocycles. The molecule has 1 saturated heterocycles. The van der Waals surface area contributed by atoms with E-state index in [2.05, 4.69) is 10.1 Å². The minimum absolute atomic E-state index is 0.0115. The Morgan fingerprint density at radius 1 is 1.15 bits per heavy atom. The Hall–Kier alpha value is -3.19. The predicted octanol–water partition coefficient (Wildman–Crippen LogP) is 0.746. The molecular weight excluding hydrogens is 457 g/mol. The van der Waals surface area contributed by atoms with Gasteiger partial charge in [-0.15, -0.1) is 0 Å². The van der Waals surface area contributed by atoms with Crippen molar-refractivity contribution < 1.29 is 38.0 Å². The number of hydrogen-bond donors (Lipinski definition) is 3. The Labute approximate surface area is 189 Å². The summed E-state index contributed by atoms with van der Waals surface area (Å²) >= 11 is 0. The van der Waals surface area contributed by atoms with Crippen molar-refractivity contribution in [3.63, 3.8) is 0 Å². The average Bonchev–Trinajstić information content (AvgIpc) is 3.23. The molecule has 2 aromatic heterocycles. The van der Waals surface area contributed by atoms with Crippen LogP contribution >= 0.6 is 0 Å². The van der Waals surface area contributed by atoms with Crippen molar-refractivity contribution in [2.45, 2.75) is 12.6 Å². The lowest BCUT2D eigenvalue weighted by Gasteiger charge is -2.26. The van der Waals surface area contributed by atoms with Crippen molar-refractivity contribution in [1.82, 2.24) is 15.0 Å². The summed E-state index contributed by atoms with van der Waals surface area (Å²) in [5.41, 5.74) is 0.858. The van der Waals surface area contributed by atoms with E-state index in [0.29, 0.717) is 35.7 Å². The van der Waals surface area contributed by atoms with E-state index in [1.807, 2.05) is 0 Å². The first kappa shape index (κ1) is 23.0. The molecule has 1 aliphatic heterocycles. The smallest absolute Gasteiger partial charge is 0.342 e. The van der Waals surface area contributed by atoms with E-state index in [-0.39, 0.29) is 29.7 Å². The summed E-state index contributed by atoms with van der Waals surface area (Å²) in [6, 6.07) is 8.18. The SMILES string of the molecule is O=C(c1ccc(OCc2c(-c3ccc(F)cc3)noc2C(O)(O)O)nc1)N1CCS(=O)CC1. The van der Waals surface area contributed by atoms with Crippen molar-refractivity contribution in [3.8, 4) is 17.1 Å². The van der Waals surface area contributed by atoms with Crippen LogP contribution in [-0.2, 0) is 23.4 Å². The monoisotopic (exact) mass is 477 g/mol. The van der Waals surface area contributed by atoms with Gasteiger partial charge in [0.05, 0.1) is 11.1 Å². The largest absolute Gasteiger partial charge is 0.473 e. The second kappa shape index (κ2) is 9.35. The van der Waals surface area contributed by atoms with Crippen molar-refractivity contribution in [2.75, 3.05) is 24.6 Å². The average molecular weight is 477 g/mol. The zero-order valence-corrected chi connectivity index (χ0v) is 18.0. The highest BCUT2D eigenvalue weighted by atomic mass is 32.2. The Morgan fingerprint density at radius 2 is 1.85 bits per heavy atom. The number of carbonyl (C=O) groups is 1. The first-order valence-electron chi connectivity index (χ1n) is 9.87. The van der Waals surface area contributed by atoms with Gasteiger partial charge in [-0.05, 0) is 30.3 Å². The van der Waals surface area contributed by atoms with E-state index in [4.69, 9.17) is 9.26 Å². The predicted molar refractivity (Wildman–Crippen MR) is 113 cm³/mol. The standard InChI is InChI=1S/C21H20FN3O7S/c22-15-4-1-13(2-5-15)18-16(19(32-24-18)21(27,28)29)12-31-17-6-3-14(11-23-17)20(26)25-7-9-33(30)10-8-25/h1-6,11,27-29H,7-10,12H2. The van der Waals surface area contributed by atoms with Gasteiger partial charge in [-0.2, -0.15) is 0 Å². The van der Waals surface area contributed by atoms with E-state index < -0.39 is 28.4 Å². The van der Waals surface area contributed by atoms with E-state index in [0.717, 1.165) is 0 Å². The van der Waals surface area contributed by atoms with Gasteiger partial charge in [0.15, 0.2) is 0 Å². The number of ether oxygens (including phenoxy) is 1. The molecule has 0 spiro atoms.